The van der Waals surface area contributed by atoms with Gasteiger partial charge < -0.3 is 15.2 Å². The van der Waals surface area contributed by atoms with E-state index in [2.05, 4.69) is 4.99 Å². The van der Waals surface area contributed by atoms with Gasteiger partial charge in [0.05, 0.1) is 10.6 Å². The second-order valence-electron chi connectivity index (χ2n) is 5.28. The van der Waals surface area contributed by atoms with Gasteiger partial charge in [-0.05, 0) is 42.0 Å². The zero-order chi connectivity index (χ0) is 18.7. The van der Waals surface area contributed by atoms with E-state index in [1.165, 1.54) is 0 Å². The number of carbonyl (C=O) groups is 2. The third-order valence-corrected chi connectivity index (χ3v) is 3.89. The van der Waals surface area contributed by atoms with E-state index in [9.17, 15) is 9.59 Å². The standard InChI is InChI=1S/C18H12Cl2N2O4/c19-11-3-6-13(14(20)8-11)17-22-15(18(24)26-17)7-10-1-4-12(5-2-10)25-9-16(21)23/h1-8H,9H2,(H2,21,23)/b15-7+. The van der Waals surface area contributed by atoms with Gasteiger partial charge in [0, 0.05) is 5.02 Å². The summed E-state index contributed by atoms with van der Waals surface area (Å²) < 4.78 is 10.4. The lowest BCUT2D eigenvalue weighted by Crippen LogP contribution is -2.19. The van der Waals surface area contributed by atoms with Crippen molar-refractivity contribution in [2.24, 2.45) is 10.7 Å². The van der Waals surface area contributed by atoms with Crippen molar-refractivity contribution >= 4 is 47.1 Å². The summed E-state index contributed by atoms with van der Waals surface area (Å²) in [6, 6.07) is 11.5. The monoisotopic (exact) mass is 390 g/mol. The molecule has 6 nitrogen and oxygen atoms in total. The number of amides is 1. The summed E-state index contributed by atoms with van der Waals surface area (Å²) in [5.41, 5.74) is 6.33. The number of benzene rings is 2. The molecule has 0 saturated heterocycles. The molecule has 132 valence electrons. The summed E-state index contributed by atoms with van der Waals surface area (Å²) in [4.78, 5) is 26.9. The van der Waals surface area contributed by atoms with E-state index in [0.717, 1.165) is 0 Å². The number of rotatable bonds is 5. The Labute approximate surface area is 158 Å². The van der Waals surface area contributed by atoms with E-state index >= 15 is 0 Å². The highest BCUT2D eigenvalue weighted by atomic mass is 35.5. The van der Waals surface area contributed by atoms with Crippen LogP contribution in [0.5, 0.6) is 5.75 Å². The number of cyclic esters (lactones) is 1. The lowest BCUT2D eigenvalue weighted by molar-refractivity contribution is -0.130. The van der Waals surface area contributed by atoms with Crippen molar-refractivity contribution in [2.75, 3.05) is 6.61 Å². The number of esters is 1. The molecule has 0 atom stereocenters. The van der Waals surface area contributed by atoms with E-state index in [4.69, 9.17) is 38.4 Å². The fraction of sp³-hybridized carbons (Fsp3) is 0.0556. The normalized spacial score (nSPS) is 14.9. The summed E-state index contributed by atoms with van der Waals surface area (Å²) in [6.07, 6.45) is 1.57. The van der Waals surface area contributed by atoms with Crippen molar-refractivity contribution in [3.05, 3.63) is 69.3 Å². The molecule has 1 aliphatic heterocycles. The summed E-state index contributed by atoms with van der Waals surface area (Å²) in [5.74, 6) is -0.547. The van der Waals surface area contributed by atoms with Crippen molar-refractivity contribution in [3.63, 3.8) is 0 Å². The van der Waals surface area contributed by atoms with Gasteiger partial charge in [-0.15, -0.1) is 0 Å². The third-order valence-electron chi connectivity index (χ3n) is 3.35. The highest BCUT2D eigenvalue weighted by Gasteiger charge is 2.25. The maximum atomic E-state index is 12.0. The van der Waals surface area contributed by atoms with E-state index in [1.54, 1.807) is 48.5 Å². The first-order valence-electron chi connectivity index (χ1n) is 7.41. The molecule has 8 heteroatoms. The van der Waals surface area contributed by atoms with Gasteiger partial charge in [0.2, 0.25) is 5.90 Å². The third kappa shape index (κ3) is 4.22. The number of carbonyl (C=O) groups excluding carboxylic acids is 2. The van der Waals surface area contributed by atoms with Gasteiger partial charge in [-0.3, -0.25) is 4.79 Å². The fourth-order valence-corrected chi connectivity index (χ4v) is 2.65. The van der Waals surface area contributed by atoms with Crippen LogP contribution in [0, 0.1) is 0 Å². The molecule has 0 saturated carbocycles. The van der Waals surface area contributed by atoms with E-state index in [0.29, 0.717) is 26.9 Å². The number of hydrogen-bond donors (Lipinski definition) is 1. The first-order chi connectivity index (χ1) is 12.4. The highest BCUT2D eigenvalue weighted by Crippen LogP contribution is 2.26. The number of halogens is 2. The lowest BCUT2D eigenvalue weighted by atomic mass is 10.2. The van der Waals surface area contributed by atoms with Crippen LogP contribution in [0.1, 0.15) is 11.1 Å². The number of hydrogen-bond acceptors (Lipinski definition) is 5. The van der Waals surface area contributed by atoms with Crippen molar-refractivity contribution in [2.45, 2.75) is 0 Å². The number of primary amides is 1. The molecule has 1 aliphatic rings. The van der Waals surface area contributed by atoms with Crippen molar-refractivity contribution < 1.29 is 19.1 Å². The molecule has 0 aromatic heterocycles. The second-order valence-corrected chi connectivity index (χ2v) is 6.13. The SMILES string of the molecule is NC(=O)COc1ccc(/C=C2/N=C(c3ccc(Cl)cc3Cl)OC2=O)cc1. The molecule has 1 heterocycles. The molecule has 1 amide bonds. The van der Waals surface area contributed by atoms with Gasteiger partial charge in [-0.1, -0.05) is 35.3 Å². The summed E-state index contributed by atoms with van der Waals surface area (Å²) in [6.45, 7) is -0.206. The van der Waals surface area contributed by atoms with Gasteiger partial charge in [0.15, 0.2) is 12.3 Å². The smallest absolute Gasteiger partial charge is 0.363 e. The van der Waals surface area contributed by atoms with Gasteiger partial charge >= 0.3 is 5.97 Å². The Hall–Kier alpha value is -2.83. The minimum atomic E-state index is -0.583. The molecule has 0 fully saturated rings. The molecule has 0 bridgehead atoms. The highest BCUT2D eigenvalue weighted by molar-refractivity contribution is 6.37. The van der Waals surface area contributed by atoms with Crippen LogP contribution < -0.4 is 10.5 Å². The number of nitrogens with zero attached hydrogens (tertiary/aromatic N) is 1. The van der Waals surface area contributed by atoms with E-state index in [-0.39, 0.29) is 18.2 Å². The molecule has 0 unspecified atom stereocenters. The Morgan fingerprint density at radius 2 is 1.92 bits per heavy atom. The van der Waals surface area contributed by atoms with Crippen molar-refractivity contribution in [3.8, 4) is 5.75 Å². The number of ether oxygens (including phenoxy) is 2. The summed E-state index contributed by atoms with van der Waals surface area (Å²) in [5, 5.41) is 0.805. The second kappa shape index (κ2) is 7.59. The minimum Gasteiger partial charge on any atom is -0.484 e. The maximum absolute atomic E-state index is 12.0. The predicted octanol–water partition coefficient (Wildman–Crippen LogP) is 3.20. The Balaban J connectivity index is 1.81. The van der Waals surface area contributed by atoms with Crippen molar-refractivity contribution in [1.82, 2.24) is 0 Å². The first kappa shape index (κ1) is 18.0. The lowest BCUT2D eigenvalue weighted by Gasteiger charge is -2.03. The maximum Gasteiger partial charge on any atom is 0.363 e. The number of nitrogens with two attached hydrogens (primary N) is 1. The van der Waals surface area contributed by atoms with Crippen LogP contribution in [0.3, 0.4) is 0 Å². The zero-order valence-electron chi connectivity index (χ0n) is 13.2. The molecular weight excluding hydrogens is 379 g/mol. The molecule has 2 aromatic carbocycles. The molecular formula is C18H12Cl2N2O4. The van der Waals surface area contributed by atoms with E-state index < -0.39 is 11.9 Å². The quantitative estimate of drug-likeness (QED) is 0.626. The predicted molar refractivity (Wildman–Crippen MR) is 98.2 cm³/mol. The minimum absolute atomic E-state index is 0.115. The first-order valence-corrected chi connectivity index (χ1v) is 8.17. The van der Waals surface area contributed by atoms with Crippen LogP contribution in [-0.4, -0.2) is 24.4 Å². The molecule has 0 radical (unpaired) electrons. The van der Waals surface area contributed by atoms with Gasteiger partial charge in [-0.2, -0.15) is 0 Å². The van der Waals surface area contributed by atoms with Gasteiger partial charge in [-0.25, -0.2) is 9.79 Å². The van der Waals surface area contributed by atoms with Crippen LogP contribution in [-0.2, 0) is 14.3 Å². The molecule has 0 aliphatic carbocycles. The fourth-order valence-electron chi connectivity index (χ4n) is 2.16. The van der Waals surface area contributed by atoms with Crippen LogP contribution in [0.25, 0.3) is 6.08 Å². The molecule has 0 spiro atoms. The molecule has 2 N–H and O–H groups in total. The van der Waals surface area contributed by atoms with Crippen molar-refractivity contribution in [1.29, 1.82) is 0 Å². The Bertz CT molecular complexity index is 937. The van der Waals surface area contributed by atoms with Gasteiger partial charge in [0.1, 0.15) is 5.75 Å². The van der Waals surface area contributed by atoms with Crippen LogP contribution in [0.15, 0.2) is 53.2 Å². The summed E-state index contributed by atoms with van der Waals surface area (Å²) in [7, 11) is 0. The number of aliphatic imine (C=N–C) groups is 1. The average Bonchev–Trinajstić information content (AvgIpc) is 2.94. The Kier molecular flexibility index (Phi) is 5.25. The molecule has 26 heavy (non-hydrogen) atoms. The van der Waals surface area contributed by atoms with Crippen LogP contribution in [0.4, 0.5) is 0 Å². The Morgan fingerprint density at radius 3 is 2.58 bits per heavy atom. The zero-order valence-corrected chi connectivity index (χ0v) is 14.8. The topological polar surface area (TPSA) is 91.0 Å². The van der Waals surface area contributed by atoms with E-state index in [1.807, 2.05) is 0 Å². The Morgan fingerprint density at radius 1 is 1.19 bits per heavy atom. The largest absolute Gasteiger partial charge is 0.484 e. The molecule has 2 aromatic rings. The van der Waals surface area contributed by atoms with Crippen LogP contribution >= 0.6 is 23.2 Å². The van der Waals surface area contributed by atoms with Crippen LogP contribution in [0.2, 0.25) is 10.0 Å². The average molecular weight is 391 g/mol. The summed E-state index contributed by atoms with van der Waals surface area (Å²) >= 11 is 12.0. The molecule has 3 rings (SSSR count). The van der Waals surface area contributed by atoms with Gasteiger partial charge in [0.25, 0.3) is 5.91 Å².